The van der Waals surface area contributed by atoms with Gasteiger partial charge < -0.3 is 11.1 Å². The second kappa shape index (κ2) is 8.95. The van der Waals surface area contributed by atoms with E-state index in [1.807, 2.05) is 6.92 Å². The number of carbonyl (C=O) groups excluding carboxylic acids is 2. The van der Waals surface area contributed by atoms with Crippen molar-refractivity contribution in [1.29, 1.82) is 0 Å². The molecule has 0 spiro atoms. The number of hydrogen-bond acceptors (Lipinski definition) is 2. The minimum atomic E-state index is -0.559. The molecule has 0 fully saturated rings. The third-order valence-electron chi connectivity index (χ3n) is 2.25. The second-order valence-electron chi connectivity index (χ2n) is 3.74. The molecule has 0 atom stereocenters. The van der Waals surface area contributed by atoms with Crippen LogP contribution in [0, 0.1) is 0 Å². The van der Waals surface area contributed by atoms with E-state index in [0.717, 1.165) is 25.7 Å². The highest BCUT2D eigenvalue weighted by Gasteiger charge is 2.08. The fourth-order valence-corrected chi connectivity index (χ4v) is 1.44. The van der Waals surface area contributed by atoms with E-state index in [9.17, 15) is 9.59 Å². The molecule has 0 radical (unpaired) electrons. The molecule has 0 aromatic heterocycles. The Hall–Kier alpha value is -1.32. The molecule has 0 aliphatic heterocycles. The normalized spacial score (nSPS) is 11.2. The molecule has 0 aliphatic rings. The van der Waals surface area contributed by atoms with Gasteiger partial charge in [-0.1, -0.05) is 26.2 Å². The maximum Gasteiger partial charge on any atom is 0.247 e. The molecule has 4 nitrogen and oxygen atoms in total. The van der Waals surface area contributed by atoms with Gasteiger partial charge in [0.15, 0.2) is 0 Å². The van der Waals surface area contributed by atoms with Crippen LogP contribution in [0.3, 0.4) is 0 Å². The van der Waals surface area contributed by atoms with Crippen LogP contribution in [0.5, 0.6) is 0 Å². The lowest BCUT2D eigenvalue weighted by atomic mass is 10.1. The highest BCUT2D eigenvalue weighted by molar-refractivity contribution is 6.00. The molecule has 0 aliphatic carbocycles. The predicted molar refractivity (Wildman–Crippen MR) is 64.7 cm³/mol. The Bertz CT molecular complexity index is 260. The summed E-state index contributed by atoms with van der Waals surface area (Å²) in [4.78, 5) is 22.3. The van der Waals surface area contributed by atoms with Crippen molar-refractivity contribution in [2.75, 3.05) is 6.54 Å². The molecule has 0 rings (SSSR count). The monoisotopic (exact) mass is 226 g/mol. The topological polar surface area (TPSA) is 72.2 Å². The summed E-state index contributed by atoms with van der Waals surface area (Å²) in [6.45, 7) is 4.53. The van der Waals surface area contributed by atoms with Crippen molar-refractivity contribution in [2.45, 2.75) is 46.0 Å². The number of nitrogens with two attached hydrogens (primary N) is 1. The van der Waals surface area contributed by atoms with Crippen LogP contribution >= 0.6 is 0 Å². The Morgan fingerprint density at radius 1 is 1.19 bits per heavy atom. The zero-order valence-corrected chi connectivity index (χ0v) is 10.2. The number of carbonyl (C=O) groups is 2. The summed E-state index contributed by atoms with van der Waals surface area (Å²) in [6, 6.07) is 0. The van der Waals surface area contributed by atoms with Gasteiger partial charge in [-0.2, -0.15) is 0 Å². The summed E-state index contributed by atoms with van der Waals surface area (Å²) in [6.07, 6.45) is 6.15. The van der Waals surface area contributed by atoms with Crippen LogP contribution in [0.1, 0.15) is 46.0 Å². The van der Waals surface area contributed by atoms with Crippen molar-refractivity contribution >= 4 is 11.8 Å². The Morgan fingerprint density at radius 3 is 2.38 bits per heavy atom. The highest BCUT2D eigenvalue weighted by Crippen LogP contribution is 2.10. The average molecular weight is 226 g/mol. The largest absolute Gasteiger partial charge is 0.366 e. The number of nitrogens with one attached hydrogen (secondary N) is 1. The van der Waals surface area contributed by atoms with Crippen molar-refractivity contribution in [2.24, 2.45) is 5.73 Å². The second-order valence-corrected chi connectivity index (χ2v) is 3.74. The van der Waals surface area contributed by atoms with Crippen LogP contribution in [0.25, 0.3) is 0 Å². The molecule has 0 saturated carbocycles. The van der Waals surface area contributed by atoms with E-state index in [-0.39, 0.29) is 5.91 Å². The fraction of sp³-hybridized carbons (Fsp3) is 0.667. The molecule has 0 unspecified atom stereocenters. The maximum absolute atomic E-state index is 11.6. The van der Waals surface area contributed by atoms with Gasteiger partial charge in [-0.3, -0.25) is 9.59 Å². The summed E-state index contributed by atoms with van der Waals surface area (Å²) in [7, 11) is 0. The maximum atomic E-state index is 11.6. The molecule has 3 N–H and O–H groups in total. The number of primary amides is 1. The van der Waals surface area contributed by atoms with E-state index in [2.05, 4.69) is 12.2 Å². The quantitative estimate of drug-likeness (QED) is 0.486. The van der Waals surface area contributed by atoms with Gasteiger partial charge in [-0.25, -0.2) is 0 Å². The summed E-state index contributed by atoms with van der Waals surface area (Å²) < 4.78 is 0. The van der Waals surface area contributed by atoms with Gasteiger partial charge in [0.1, 0.15) is 0 Å². The number of rotatable bonds is 8. The molecule has 16 heavy (non-hydrogen) atoms. The molecule has 0 saturated heterocycles. The first kappa shape index (κ1) is 14.7. The van der Waals surface area contributed by atoms with Crippen LogP contribution < -0.4 is 11.1 Å². The zero-order chi connectivity index (χ0) is 12.4. The van der Waals surface area contributed by atoms with Gasteiger partial charge in [0.05, 0.1) is 0 Å². The van der Waals surface area contributed by atoms with Gasteiger partial charge >= 0.3 is 0 Å². The molecule has 0 heterocycles. The first-order chi connectivity index (χ1) is 7.61. The lowest BCUT2D eigenvalue weighted by Crippen LogP contribution is -2.25. The average Bonchev–Trinajstić information content (AvgIpc) is 2.22. The molecular weight excluding hydrogens is 204 g/mol. The lowest BCUT2D eigenvalue weighted by Gasteiger charge is -2.06. The summed E-state index contributed by atoms with van der Waals surface area (Å²) in [5, 5.41) is 2.68. The van der Waals surface area contributed by atoms with Crippen molar-refractivity contribution in [3.63, 3.8) is 0 Å². The van der Waals surface area contributed by atoms with Crippen LogP contribution in [-0.4, -0.2) is 18.4 Å². The highest BCUT2D eigenvalue weighted by atomic mass is 16.2. The van der Waals surface area contributed by atoms with Crippen molar-refractivity contribution in [1.82, 2.24) is 5.32 Å². The Balaban J connectivity index is 4.22. The predicted octanol–water partition coefficient (Wildman–Crippen LogP) is 1.50. The van der Waals surface area contributed by atoms with Crippen LogP contribution in [0.2, 0.25) is 0 Å². The van der Waals surface area contributed by atoms with E-state index in [1.165, 1.54) is 6.08 Å². The molecular formula is C12H22N2O2. The minimum Gasteiger partial charge on any atom is -0.366 e. The van der Waals surface area contributed by atoms with Crippen LogP contribution in [-0.2, 0) is 9.59 Å². The van der Waals surface area contributed by atoms with E-state index in [1.54, 1.807) is 0 Å². The Labute approximate surface area is 97.3 Å². The van der Waals surface area contributed by atoms with Crippen LogP contribution in [0.4, 0.5) is 0 Å². The van der Waals surface area contributed by atoms with Gasteiger partial charge in [-0.15, -0.1) is 0 Å². The van der Waals surface area contributed by atoms with Gasteiger partial charge in [0.25, 0.3) is 0 Å². The molecule has 2 amide bonds. The minimum absolute atomic E-state index is 0.183. The first-order valence-corrected chi connectivity index (χ1v) is 5.90. The summed E-state index contributed by atoms with van der Waals surface area (Å²) in [5.74, 6) is -0.741. The van der Waals surface area contributed by atoms with E-state index >= 15 is 0 Å². The standard InChI is InChI=1S/C12H22N2O2/c1-3-5-6-7-8-10(9-11(13)15)12(16)14-4-2/h9H,3-8H2,1-2H3,(H2,13,15)(H,14,16). The van der Waals surface area contributed by atoms with Crippen molar-refractivity contribution in [3.8, 4) is 0 Å². The van der Waals surface area contributed by atoms with Crippen molar-refractivity contribution in [3.05, 3.63) is 11.6 Å². The lowest BCUT2D eigenvalue weighted by molar-refractivity contribution is -0.118. The third kappa shape index (κ3) is 7.04. The molecule has 0 aromatic carbocycles. The molecule has 0 bridgehead atoms. The molecule has 0 aromatic rings. The van der Waals surface area contributed by atoms with Gasteiger partial charge in [0.2, 0.25) is 11.8 Å². The van der Waals surface area contributed by atoms with E-state index < -0.39 is 5.91 Å². The Morgan fingerprint density at radius 2 is 1.88 bits per heavy atom. The fourth-order valence-electron chi connectivity index (χ4n) is 1.44. The third-order valence-corrected chi connectivity index (χ3v) is 2.25. The van der Waals surface area contributed by atoms with Gasteiger partial charge in [-0.05, 0) is 19.8 Å². The number of unbranched alkanes of at least 4 members (excludes halogenated alkanes) is 3. The van der Waals surface area contributed by atoms with Crippen molar-refractivity contribution < 1.29 is 9.59 Å². The summed E-state index contributed by atoms with van der Waals surface area (Å²) in [5.41, 5.74) is 5.55. The zero-order valence-electron chi connectivity index (χ0n) is 10.2. The van der Waals surface area contributed by atoms with E-state index in [4.69, 9.17) is 5.73 Å². The summed E-state index contributed by atoms with van der Waals surface area (Å²) >= 11 is 0. The smallest absolute Gasteiger partial charge is 0.247 e. The SMILES string of the molecule is CCCCCCC(=CC(N)=O)C(=O)NCC. The van der Waals surface area contributed by atoms with Gasteiger partial charge in [0, 0.05) is 18.2 Å². The van der Waals surface area contributed by atoms with E-state index in [0.29, 0.717) is 18.5 Å². The first-order valence-electron chi connectivity index (χ1n) is 5.90. The number of hydrogen-bond donors (Lipinski definition) is 2. The molecule has 92 valence electrons. The number of likely N-dealkylation sites (N-methyl/N-ethyl adjacent to an activating group) is 1. The number of amides is 2. The van der Waals surface area contributed by atoms with Crippen LogP contribution in [0.15, 0.2) is 11.6 Å². The molecule has 4 heteroatoms. The Kier molecular flexibility index (Phi) is 8.21.